The van der Waals surface area contributed by atoms with Crippen molar-refractivity contribution in [3.63, 3.8) is 0 Å². The highest BCUT2D eigenvalue weighted by atomic mass is 16.6. The number of phenolic OH excluding ortho intramolecular Hbond substituents is 1. The molecule has 3 rings (SSSR count). The minimum absolute atomic E-state index is 0.00807. The molecule has 130 valence electrons. The summed E-state index contributed by atoms with van der Waals surface area (Å²) in [6.45, 7) is 0. The maximum absolute atomic E-state index is 12.1. The van der Waals surface area contributed by atoms with Crippen LogP contribution in [0.25, 0.3) is 11.2 Å². The molecule has 3 aromatic rings. The highest BCUT2D eigenvalue weighted by Gasteiger charge is 2.22. The number of aromatic nitrogens is 4. The molecular weight excluding hydrogens is 332 g/mol. The van der Waals surface area contributed by atoms with Gasteiger partial charge in [-0.15, -0.1) is 10.2 Å². The largest absolute Gasteiger partial charge is 0.508 e. The molecule has 0 radical (unpaired) electrons. The normalized spacial score (nSPS) is 13.1. The van der Waals surface area contributed by atoms with E-state index in [0.29, 0.717) is 5.69 Å². The molecule has 0 amide bonds. The zero-order valence-electron chi connectivity index (χ0n) is 12.9. The van der Waals surface area contributed by atoms with Crippen molar-refractivity contribution in [3.05, 3.63) is 40.9 Å². The van der Waals surface area contributed by atoms with Crippen molar-refractivity contribution in [2.45, 2.75) is 12.5 Å². The number of nitrogens with one attached hydrogen (secondary N) is 1. The lowest BCUT2D eigenvalue weighted by molar-refractivity contribution is -0.164. The molecule has 2 aromatic heterocycles. The fourth-order valence-electron chi connectivity index (χ4n) is 2.15. The summed E-state index contributed by atoms with van der Waals surface area (Å²) in [6.07, 6.45) is -1.83. The van der Waals surface area contributed by atoms with Gasteiger partial charge in [0.05, 0.1) is 12.0 Å². The van der Waals surface area contributed by atoms with Gasteiger partial charge in [-0.2, -0.15) is 4.98 Å². The first-order valence-electron chi connectivity index (χ1n) is 7.06. The molecule has 11 heteroatoms. The molecule has 1 unspecified atom stereocenters. The minimum Gasteiger partial charge on any atom is -0.508 e. The molecule has 0 saturated carbocycles. The number of imidazole rings is 1. The Morgan fingerprint density at radius 1 is 1.24 bits per heavy atom. The zero-order chi connectivity index (χ0) is 18.0. The minimum atomic E-state index is -1.84. The van der Waals surface area contributed by atoms with Gasteiger partial charge in [-0.05, 0) is 24.3 Å². The number of H-pyrrole nitrogens is 1. The molecular formula is C14H14N6O5. The molecule has 25 heavy (non-hydrogen) atoms. The second-order valence-corrected chi connectivity index (χ2v) is 4.97. The van der Waals surface area contributed by atoms with Crippen molar-refractivity contribution in [3.8, 4) is 5.75 Å². The third-order valence-electron chi connectivity index (χ3n) is 3.30. The van der Waals surface area contributed by atoms with Crippen LogP contribution >= 0.6 is 0 Å². The van der Waals surface area contributed by atoms with Crippen LogP contribution < -0.4 is 5.56 Å². The molecule has 11 nitrogen and oxygen atoms in total. The Balaban J connectivity index is 2.02. The summed E-state index contributed by atoms with van der Waals surface area (Å²) in [4.78, 5) is 22.5. The molecule has 1 atom stereocenters. The van der Waals surface area contributed by atoms with Crippen LogP contribution in [0.3, 0.4) is 0 Å². The predicted molar refractivity (Wildman–Crippen MR) is 84.7 cm³/mol. The monoisotopic (exact) mass is 346 g/mol. The highest BCUT2D eigenvalue weighted by Crippen LogP contribution is 2.21. The molecule has 2 heterocycles. The number of aliphatic hydroxyl groups is 2. The van der Waals surface area contributed by atoms with Gasteiger partial charge in [-0.1, -0.05) is 0 Å². The van der Waals surface area contributed by atoms with Gasteiger partial charge in [0.1, 0.15) is 5.75 Å². The van der Waals surface area contributed by atoms with E-state index in [4.69, 9.17) is 4.74 Å². The number of benzene rings is 1. The zero-order valence-corrected chi connectivity index (χ0v) is 12.9. The maximum atomic E-state index is 12.1. The number of hydrogen-bond acceptors (Lipinski definition) is 9. The predicted octanol–water partition coefficient (Wildman–Crippen LogP) is 0.696. The van der Waals surface area contributed by atoms with Crippen molar-refractivity contribution < 1.29 is 20.1 Å². The second-order valence-electron chi connectivity index (χ2n) is 4.97. The summed E-state index contributed by atoms with van der Waals surface area (Å²) >= 11 is 0. The Bertz CT molecular complexity index is 962. The number of methoxy groups -OCH3 is 1. The van der Waals surface area contributed by atoms with Gasteiger partial charge in [0.25, 0.3) is 11.5 Å². The average Bonchev–Trinajstić information content (AvgIpc) is 2.99. The third kappa shape index (κ3) is 3.38. The van der Waals surface area contributed by atoms with Crippen LogP contribution in [0, 0.1) is 0 Å². The number of aromatic hydroxyl groups is 1. The van der Waals surface area contributed by atoms with E-state index in [0.717, 1.165) is 0 Å². The van der Waals surface area contributed by atoms with Gasteiger partial charge in [0.2, 0.25) is 0 Å². The summed E-state index contributed by atoms with van der Waals surface area (Å²) in [5.74, 6) is -0.0152. The molecule has 0 aliphatic heterocycles. The van der Waals surface area contributed by atoms with Crippen molar-refractivity contribution >= 4 is 22.8 Å². The number of rotatable bonds is 5. The van der Waals surface area contributed by atoms with Crippen LogP contribution in [0.4, 0.5) is 11.6 Å². The fraction of sp³-hybridized carbons (Fsp3) is 0.214. The number of hydrogen-bond donors (Lipinski definition) is 4. The number of aliphatic hydroxyl groups excluding tert-OH is 1. The maximum Gasteiger partial charge on any atom is 0.280 e. The highest BCUT2D eigenvalue weighted by molar-refractivity contribution is 5.70. The van der Waals surface area contributed by atoms with Gasteiger partial charge in [-0.3, -0.25) is 14.3 Å². The molecule has 0 fully saturated rings. The van der Waals surface area contributed by atoms with E-state index >= 15 is 0 Å². The Hall–Kier alpha value is -3.15. The van der Waals surface area contributed by atoms with Crippen LogP contribution in [0.5, 0.6) is 5.75 Å². The third-order valence-corrected chi connectivity index (χ3v) is 3.30. The van der Waals surface area contributed by atoms with Gasteiger partial charge in [0.15, 0.2) is 23.7 Å². The fourth-order valence-corrected chi connectivity index (χ4v) is 2.15. The Kier molecular flexibility index (Phi) is 4.52. The van der Waals surface area contributed by atoms with Crippen LogP contribution in [0.1, 0.15) is 6.23 Å². The van der Waals surface area contributed by atoms with Gasteiger partial charge in [0, 0.05) is 7.11 Å². The summed E-state index contributed by atoms with van der Waals surface area (Å²) in [5, 5.41) is 35.7. The van der Waals surface area contributed by atoms with E-state index in [9.17, 15) is 20.1 Å². The lowest BCUT2D eigenvalue weighted by Gasteiger charge is -2.18. The van der Waals surface area contributed by atoms with Gasteiger partial charge in [-0.25, -0.2) is 4.98 Å². The van der Waals surface area contributed by atoms with Crippen molar-refractivity contribution in [1.82, 2.24) is 19.5 Å². The van der Waals surface area contributed by atoms with E-state index in [2.05, 4.69) is 25.2 Å². The number of fused-ring (bicyclic) bond motifs is 1. The first kappa shape index (κ1) is 16.7. The quantitative estimate of drug-likeness (QED) is 0.391. The van der Waals surface area contributed by atoms with Crippen molar-refractivity contribution in [2.24, 2.45) is 10.2 Å². The van der Waals surface area contributed by atoms with Crippen LogP contribution in [0.2, 0.25) is 0 Å². The van der Waals surface area contributed by atoms with E-state index in [1.807, 2.05) is 0 Å². The Morgan fingerprint density at radius 2 is 1.96 bits per heavy atom. The summed E-state index contributed by atoms with van der Waals surface area (Å²) in [6, 6.07) is 5.94. The Morgan fingerprint density at radius 3 is 2.60 bits per heavy atom. The van der Waals surface area contributed by atoms with Crippen LogP contribution in [0.15, 0.2) is 45.6 Å². The van der Waals surface area contributed by atoms with E-state index in [1.165, 1.54) is 42.3 Å². The van der Waals surface area contributed by atoms with Crippen molar-refractivity contribution in [1.29, 1.82) is 0 Å². The SMILES string of the molecule is COC(C(O)O)n1cnc2c(=O)[nH]c(N=Nc3ccc(O)cc3)nc21. The topological polar surface area (TPSA) is 158 Å². The molecule has 0 bridgehead atoms. The number of phenols is 1. The molecule has 0 spiro atoms. The summed E-state index contributed by atoms with van der Waals surface area (Å²) in [5.41, 5.74) is -0.0741. The molecule has 0 aliphatic rings. The first-order chi connectivity index (χ1) is 12.0. The second kappa shape index (κ2) is 6.76. The molecule has 4 N–H and O–H groups in total. The van der Waals surface area contributed by atoms with Gasteiger partial charge < -0.3 is 20.1 Å². The van der Waals surface area contributed by atoms with Gasteiger partial charge >= 0.3 is 0 Å². The first-order valence-corrected chi connectivity index (χ1v) is 7.06. The number of aromatic amines is 1. The molecule has 0 saturated heterocycles. The number of nitrogens with zero attached hydrogens (tertiary/aromatic N) is 5. The van der Waals surface area contributed by atoms with E-state index in [1.54, 1.807) is 0 Å². The Labute approximate surface area is 139 Å². The summed E-state index contributed by atoms with van der Waals surface area (Å²) in [7, 11) is 1.27. The van der Waals surface area contributed by atoms with E-state index in [-0.39, 0.29) is 22.9 Å². The van der Waals surface area contributed by atoms with Crippen LogP contribution in [-0.4, -0.2) is 48.2 Å². The van der Waals surface area contributed by atoms with Crippen molar-refractivity contribution in [2.75, 3.05) is 7.11 Å². The standard InChI is InChI=1S/C14H14N6O5/c1-25-12(13(23)24)20-6-15-9-10(20)16-14(17-11(9)22)19-18-7-2-4-8(21)5-3-7/h2-6,12-13,21,23-24H,1H3,(H,16,17,22). The smallest absolute Gasteiger partial charge is 0.280 e. The lowest BCUT2D eigenvalue weighted by Crippen LogP contribution is -2.25. The summed E-state index contributed by atoms with van der Waals surface area (Å²) < 4.78 is 6.18. The number of ether oxygens (including phenoxy) is 1. The number of azo groups is 1. The average molecular weight is 346 g/mol. The lowest BCUT2D eigenvalue weighted by atomic mass is 10.3. The molecule has 0 aliphatic carbocycles. The molecule has 1 aromatic carbocycles. The van der Waals surface area contributed by atoms with Crippen LogP contribution in [-0.2, 0) is 4.74 Å². The van der Waals surface area contributed by atoms with E-state index < -0.39 is 18.1 Å².